The van der Waals surface area contributed by atoms with Crippen LogP contribution in [-0.4, -0.2) is 49.9 Å². The Morgan fingerprint density at radius 2 is 2.42 bits per heavy atom. The van der Waals surface area contributed by atoms with Gasteiger partial charge in [-0.25, -0.2) is 4.98 Å². The molecule has 3 N–H and O–H groups in total. The van der Waals surface area contributed by atoms with E-state index in [0.717, 1.165) is 5.01 Å². The number of hydrogen-bond acceptors (Lipinski definition) is 6. The normalized spacial score (nSPS) is 18.7. The van der Waals surface area contributed by atoms with E-state index >= 15 is 0 Å². The number of nitrogens with zero attached hydrogens (tertiary/aromatic N) is 1. The van der Waals surface area contributed by atoms with E-state index in [9.17, 15) is 4.79 Å². The zero-order valence-corrected chi connectivity index (χ0v) is 12.1. The Morgan fingerprint density at radius 1 is 1.58 bits per heavy atom. The molecule has 0 aromatic carbocycles. The molecule has 8 heteroatoms. The first-order valence-electron chi connectivity index (χ1n) is 5.91. The summed E-state index contributed by atoms with van der Waals surface area (Å²) in [6.07, 6.45) is 0.641. The SMILES string of the molecule is Cl.NCCc1nc(C(=O)NCC2COCCO2)cs1. The van der Waals surface area contributed by atoms with E-state index in [4.69, 9.17) is 15.2 Å². The summed E-state index contributed by atoms with van der Waals surface area (Å²) in [6, 6.07) is 0. The zero-order valence-electron chi connectivity index (χ0n) is 10.5. The van der Waals surface area contributed by atoms with Crippen LogP contribution in [0, 0.1) is 0 Å². The van der Waals surface area contributed by atoms with Crippen molar-refractivity contribution in [3.63, 3.8) is 0 Å². The van der Waals surface area contributed by atoms with Gasteiger partial charge in [-0.05, 0) is 6.54 Å². The predicted octanol–water partition coefficient (Wildman–Crippen LogP) is 0.211. The van der Waals surface area contributed by atoms with Gasteiger partial charge in [0.05, 0.1) is 30.9 Å². The van der Waals surface area contributed by atoms with Crippen molar-refractivity contribution in [3.8, 4) is 0 Å². The Hall–Kier alpha value is -0.730. The Morgan fingerprint density at radius 3 is 3.11 bits per heavy atom. The van der Waals surface area contributed by atoms with Gasteiger partial charge in [0.1, 0.15) is 5.69 Å². The van der Waals surface area contributed by atoms with Gasteiger partial charge in [0, 0.05) is 18.3 Å². The van der Waals surface area contributed by atoms with Gasteiger partial charge in [0.2, 0.25) is 0 Å². The van der Waals surface area contributed by atoms with Gasteiger partial charge in [-0.15, -0.1) is 23.7 Å². The third-order valence-corrected chi connectivity index (χ3v) is 3.43. The van der Waals surface area contributed by atoms with Crippen LogP contribution in [0.15, 0.2) is 5.38 Å². The van der Waals surface area contributed by atoms with E-state index in [0.29, 0.717) is 45.0 Å². The second kappa shape index (κ2) is 8.44. The van der Waals surface area contributed by atoms with Gasteiger partial charge in [-0.1, -0.05) is 0 Å². The molecular formula is C11H18ClN3O3S. The molecular weight excluding hydrogens is 290 g/mol. The molecule has 1 aliphatic rings. The second-order valence-electron chi connectivity index (χ2n) is 3.94. The number of hydrogen-bond donors (Lipinski definition) is 2. The molecule has 0 radical (unpaired) electrons. The molecule has 1 aliphatic heterocycles. The van der Waals surface area contributed by atoms with Crippen molar-refractivity contribution >= 4 is 29.7 Å². The van der Waals surface area contributed by atoms with Gasteiger partial charge in [-0.2, -0.15) is 0 Å². The highest BCUT2D eigenvalue weighted by Gasteiger charge is 2.16. The zero-order chi connectivity index (χ0) is 12.8. The molecule has 1 atom stereocenters. The molecule has 0 saturated carbocycles. The van der Waals surface area contributed by atoms with E-state index in [1.165, 1.54) is 11.3 Å². The Kier molecular flexibility index (Phi) is 7.25. The molecule has 0 aliphatic carbocycles. The fraction of sp³-hybridized carbons (Fsp3) is 0.636. The number of thiazole rings is 1. The first kappa shape index (κ1) is 16.3. The summed E-state index contributed by atoms with van der Waals surface area (Å²) in [7, 11) is 0. The number of nitrogens with two attached hydrogens (primary N) is 1. The molecule has 1 aromatic heterocycles. The fourth-order valence-electron chi connectivity index (χ4n) is 1.61. The molecule has 1 unspecified atom stereocenters. The molecule has 1 fully saturated rings. The lowest BCUT2D eigenvalue weighted by molar-refractivity contribution is -0.0855. The summed E-state index contributed by atoms with van der Waals surface area (Å²) in [5.41, 5.74) is 5.88. The quantitative estimate of drug-likeness (QED) is 0.812. The molecule has 1 amide bonds. The summed E-state index contributed by atoms with van der Waals surface area (Å²) in [5, 5.41) is 5.43. The van der Waals surface area contributed by atoms with Gasteiger partial charge in [0.15, 0.2) is 0 Å². The molecule has 108 valence electrons. The maximum atomic E-state index is 11.8. The topological polar surface area (TPSA) is 86.5 Å². The van der Waals surface area contributed by atoms with Crippen molar-refractivity contribution in [2.24, 2.45) is 5.73 Å². The number of ether oxygens (including phenoxy) is 2. The minimum atomic E-state index is -0.177. The maximum Gasteiger partial charge on any atom is 0.270 e. The largest absolute Gasteiger partial charge is 0.376 e. The third-order valence-electron chi connectivity index (χ3n) is 2.52. The average Bonchev–Trinajstić information content (AvgIpc) is 2.86. The Bertz CT molecular complexity index is 396. The number of rotatable bonds is 5. The Labute approximate surface area is 122 Å². The van der Waals surface area contributed by atoms with Gasteiger partial charge in [-0.3, -0.25) is 4.79 Å². The van der Waals surface area contributed by atoms with E-state index in [1.807, 2.05) is 0 Å². The number of nitrogens with one attached hydrogen (secondary N) is 1. The van der Waals surface area contributed by atoms with Crippen LogP contribution in [0.25, 0.3) is 0 Å². The molecule has 6 nitrogen and oxygen atoms in total. The monoisotopic (exact) mass is 307 g/mol. The lowest BCUT2D eigenvalue weighted by atomic mass is 10.3. The molecule has 0 bridgehead atoms. The van der Waals surface area contributed by atoms with E-state index in [-0.39, 0.29) is 24.4 Å². The average molecular weight is 308 g/mol. The first-order chi connectivity index (χ1) is 8.79. The maximum absolute atomic E-state index is 11.8. The second-order valence-corrected chi connectivity index (χ2v) is 4.89. The van der Waals surface area contributed by atoms with Crippen LogP contribution < -0.4 is 11.1 Å². The van der Waals surface area contributed by atoms with Crippen LogP contribution in [0.4, 0.5) is 0 Å². The van der Waals surface area contributed by atoms with Crippen LogP contribution >= 0.6 is 23.7 Å². The molecule has 0 spiro atoms. The lowest BCUT2D eigenvalue weighted by Gasteiger charge is -2.22. The summed E-state index contributed by atoms with van der Waals surface area (Å²) in [5.74, 6) is -0.177. The highest BCUT2D eigenvalue weighted by Crippen LogP contribution is 2.10. The minimum absolute atomic E-state index is 0. The smallest absolute Gasteiger partial charge is 0.270 e. The predicted molar refractivity (Wildman–Crippen MR) is 75.0 cm³/mol. The lowest BCUT2D eigenvalue weighted by Crippen LogP contribution is -2.39. The van der Waals surface area contributed by atoms with Crippen molar-refractivity contribution in [2.75, 3.05) is 32.9 Å². The van der Waals surface area contributed by atoms with Gasteiger partial charge >= 0.3 is 0 Å². The number of halogens is 1. The van der Waals surface area contributed by atoms with Crippen molar-refractivity contribution in [1.29, 1.82) is 0 Å². The van der Waals surface area contributed by atoms with Gasteiger partial charge < -0.3 is 20.5 Å². The number of carbonyl (C=O) groups excluding carboxylic acids is 1. The van der Waals surface area contributed by atoms with Crippen LogP contribution in [0.2, 0.25) is 0 Å². The molecule has 2 heterocycles. The van der Waals surface area contributed by atoms with Crippen LogP contribution in [0.3, 0.4) is 0 Å². The third kappa shape index (κ3) is 5.04. The molecule has 19 heavy (non-hydrogen) atoms. The molecule has 1 saturated heterocycles. The molecule has 2 rings (SSSR count). The minimum Gasteiger partial charge on any atom is -0.376 e. The van der Waals surface area contributed by atoms with E-state index in [1.54, 1.807) is 5.38 Å². The first-order valence-corrected chi connectivity index (χ1v) is 6.79. The van der Waals surface area contributed by atoms with Crippen LogP contribution in [-0.2, 0) is 15.9 Å². The number of carbonyl (C=O) groups is 1. The molecule has 1 aromatic rings. The standard InChI is InChI=1S/C11H17N3O3S.ClH/c12-2-1-10-14-9(7-18-10)11(15)13-5-8-6-16-3-4-17-8;/h7-8H,1-6,12H2,(H,13,15);1H. The number of amides is 1. The van der Waals surface area contributed by atoms with Crippen molar-refractivity contribution in [1.82, 2.24) is 10.3 Å². The summed E-state index contributed by atoms with van der Waals surface area (Å²) in [4.78, 5) is 16.0. The highest BCUT2D eigenvalue weighted by molar-refractivity contribution is 7.09. The fourth-order valence-corrected chi connectivity index (χ4v) is 2.40. The van der Waals surface area contributed by atoms with Crippen molar-refractivity contribution in [2.45, 2.75) is 12.5 Å². The van der Waals surface area contributed by atoms with E-state index < -0.39 is 0 Å². The van der Waals surface area contributed by atoms with Crippen LogP contribution in [0.1, 0.15) is 15.5 Å². The van der Waals surface area contributed by atoms with Gasteiger partial charge in [0.25, 0.3) is 5.91 Å². The van der Waals surface area contributed by atoms with Crippen LogP contribution in [0.5, 0.6) is 0 Å². The number of aromatic nitrogens is 1. The van der Waals surface area contributed by atoms with E-state index in [2.05, 4.69) is 10.3 Å². The van der Waals surface area contributed by atoms with Crippen molar-refractivity contribution < 1.29 is 14.3 Å². The highest BCUT2D eigenvalue weighted by atomic mass is 35.5. The summed E-state index contributed by atoms with van der Waals surface area (Å²) < 4.78 is 10.7. The Balaban J connectivity index is 0.00000180. The summed E-state index contributed by atoms with van der Waals surface area (Å²) in [6.45, 7) is 2.72. The van der Waals surface area contributed by atoms with Crippen molar-refractivity contribution in [3.05, 3.63) is 16.1 Å². The summed E-state index contributed by atoms with van der Waals surface area (Å²) >= 11 is 1.46.